The molecule has 3 fully saturated rings. The van der Waals surface area contributed by atoms with E-state index in [1.54, 1.807) is 10.9 Å². The van der Waals surface area contributed by atoms with Crippen molar-refractivity contribution in [3.63, 3.8) is 0 Å². The number of amides is 2. The van der Waals surface area contributed by atoms with Crippen molar-refractivity contribution >= 4 is 17.6 Å². The average Bonchev–Trinajstić information content (AvgIpc) is 3.48. The lowest BCUT2D eigenvalue weighted by molar-refractivity contribution is -0.144. The molecular formula is C27H39N7O4. The highest BCUT2D eigenvalue weighted by Gasteiger charge is 2.45. The summed E-state index contributed by atoms with van der Waals surface area (Å²) in [4.78, 5) is 35.4. The molecule has 0 aromatic carbocycles. The fraction of sp³-hybridized carbons (Fsp3) is 0.667. The molecule has 2 aromatic heterocycles. The topological polar surface area (TPSA) is 126 Å². The smallest absolute Gasteiger partial charge is 0.248 e. The van der Waals surface area contributed by atoms with E-state index in [9.17, 15) is 14.7 Å². The van der Waals surface area contributed by atoms with Gasteiger partial charge in [0.2, 0.25) is 11.8 Å². The van der Waals surface area contributed by atoms with Crippen LogP contribution in [0.5, 0.6) is 0 Å². The number of β-amino-alcohol motifs (C(OH)–C–C–N with tert-alkyl or cyclic N) is 1. The molecule has 11 heteroatoms. The fourth-order valence-corrected chi connectivity index (χ4v) is 5.37. The highest BCUT2D eigenvalue weighted by atomic mass is 16.5. The summed E-state index contributed by atoms with van der Waals surface area (Å²) in [7, 11) is 0. The summed E-state index contributed by atoms with van der Waals surface area (Å²) in [6.07, 6.45) is 5.42. The number of anilines is 1. The zero-order valence-corrected chi connectivity index (χ0v) is 22.7. The Morgan fingerprint density at radius 1 is 1.24 bits per heavy atom. The second kappa shape index (κ2) is 10.6. The molecule has 2 N–H and O–H groups in total. The molecule has 1 aliphatic carbocycles. The van der Waals surface area contributed by atoms with Crippen molar-refractivity contribution in [3.05, 3.63) is 35.8 Å². The number of nitrogens with one attached hydrogen (secondary N) is 1. The van der Waals surface area contributed by atoms with Crippen LogP contribution in [0.1, 0.15) is 70.2 Å². The Bertz CT molecular complexity index is 1140. The summed E-state index contributed by atoms with van der Waals surface area (Å²) in [5.74, 6) is 0.794. The van der Waals surface area contributed by atoms with Crippen LogP contribution in [0, 0.1) is 5.41 Å². The minimum atomic E-state index is -0.759. The van der Waals surface area contributed by atoms with Gasteiger partial charge in [0.15, 0.2) is 0 Å². The first-order valence-electron chi connectivity index (χ1n) is 13.6. The average molecular weight is 526 g/mol. The lowest BCUT2D eigenvalue weighted by Crippen LogP contribution is -2.50. The summed E-state index contributed by atoms with van der Waals surface area (Å²) in [6, 6.07) is 2.52. The van der Waals surface area contributed by atoms with E-state index in [1.165, 1.54) is 4.90 Å². The van der Waals surface area contributed by atoms with Crippen molar-refractivity contribution in [1.82, 2.24) is 30.2 Å². The lowest BCUT2D eigenvalue weighted by atomic mass is 9.85. The molecule has 1 saturated carbocycles. The van der Waals surface area contributed by atoms with Crippen LogP contribution in [0.4, 0.5) is 5.82 Å². The number of carbonyl (C=O) groups excluding carboxylic acids is 2. The van der Waals surface area contributed by atoms with Crippen LogP contribution in [-0.2, 0) is 20.9 Å². The van der Waals surface area contributed by atoms with Crippen LogP contribution in [-0.4, -0.2) is 86.3 Å². The number of carbonyl (C=O) groups is 2. The van der Waals surface area contributed by atoms with E-state index in [4.69, 9.17) is 4.74 Å². The first kappa shape index (κ1) is 26.6. The van der Waals surface area contributed by atoms with Gasteiger partial charge in [-0.2, -0.15) is 0 Å². The van der Waals surface area contributed by atoms with E-state index < -0.39 is 23.6 Å². The van der Waals surface area contributed by atoms with Crippen LogP contribution in [0.3, 0.4) is 0 Å². The monoisotopic (exact) mass is 525 g/mol. The molecule has 11 nitrogen and oxygen atoms in total. The SMILES string of the molecule is CC1CN(c2ccc(CNC(=O)C3CC(O)CN3C(=O)[C@@H](n3cc(C4CC4)nn3)C(C)(C)C)cn2)CCO1. The maximum atomic E-state index is 13.9. The van der Waals surface area contributed by atoms with Gasteiger partial charge in [-0.15, -0.1) is 5.10 Å². The summed E-state index contributed by atoms with van der Waals surface area (Å²) in [5.41, 5.74) is 1.31. The third kappa shape index (κ3) is 5.83. The number of morpholine rings is 1. The largest absolute Gasteiger partial charge is 0.391 e. The number of pyridine rings is 1. The van der Waals surface area contributed by atoms with Crippen LogP contribution in [0.25, 0.3) is 0 Å². The number of rotatable bonds is 7. The molecule has 0 radical (unpaired) electrons. The predicted octanol–water partition coefficient (Wildman–Crippen LogP) is 1.64. The molecule has 2 aromatic rings. The summed E-state index contributed by atoms with van der Waals surface area (Å²) >= 11 is 0. The molecule has 206 valence electrons. The minimum absolute atomic E-state index is 0.113. The van der Waals surface area contributed by atoms with E-state index in [-0.39, 0.29) is 37.4 Å². The summed E-state index contributed by atoms with van der Waals surface area (Å²) in [5, 5.41) is 22.0. The van der Waals surface area contributed by atoms with Crippen molar-refractivity contribution in [1.29, 1.82) is 0 Å². The van der Waals surface area contributed by atoms with E-state index in [2.05, 4.69) is 25.5 Å². The summed E-state index contributed by atoms with van der Waals surface area (Å²) < 4.78 is 7.24. The molecule has 4 atom stereocenters. The van der Waals surface area contributed by atoms with Crippen LogP contribution in [0.15, 0.2) is 24.5 Å². The highest BCUT2D eigenvalue weighted by molar-refractivity contribution is 5.90. The predicted molar refractivity (Wildman–Crippen MR) is 140 cm³/mol. The van der Waals surface area contributed by atoms with E-state index in [0.29, 0.717) is 12.5 Å². The second-order valence-electron chi connectivity index (χ2n) is 11.9. The van der Waals surface area contributed by atoms with Crippen LogP contribution >= 0.6 is 0 Å². The molecule has 5 rings (SSSR count). The van der Waals surface area contributed by atoms with Crippen molar-refractivity contribution in [3.8, 4) is 0 Å². The van der Waals surface area contributed by atoms with Gasteiger partial charge in [0.25, 0.3) is 0 Å². The quantitative estimate of drug-likeness (QED) is 0.559. The van der Waals surface area contributed by atoms with Crippen molar-refractivity contribution in [2.75, 3.05) is 31.1 Å². The van der Waals surface area contributed by atoms with E-state index >= 15 is 0 Å². The number of aliphatic hydroxyl groups excluding tert-OH is 1. The Kier molecular flexibility index (Phi) is 7.41. The highest BCUT2D eigenvalue weighted by Crippen LogP contribution is 2.40. The van der Waals surface area contributed by atoms with Crippen molar-refractivity contribution in [2.24, 2.45) is 5.41 Å². The molecule has 4 heterocycles. The van der Waals surface area contributed by atoms with Crippen molar-refractivity contribution < 1.29 is 19.4 Å². The first-order chi connectivity index (χ1) is 18.1. The van der Waals surface area contributed by atoms with Crippen LogP contribution < -0.4 is 10.2 Å². The fourth-order valence-electron chi connectivity index (χ4n) is 5.37. The molecule has 2 saturated heterocycles. The number of likely N-dealkylation sites (tertiary alicyclic amines) is 1. The molecular weight excluding hydrogens is 486 g/mol. The van der Waals surface area contributed by atoms with Gasteiger partial charge in [0.1, 0.15) is 17.9 Å². The Morgan fingerprint density at radius 2 is 2.03 bits per heavy atom. The number of ether oxygens (including phenoxy) is 1. The normalized spacial score (nSPS) is 24.9. The first-order valence-corrected chi connectivity index (χ1v) is 13.6. The Hall–Kier alpha value is -3.05. The maximum Gasteiger partial charge on any atom is 0.248 e. The van der Waals surface area contributed by atoms with Gasteiger partial charge >= 0.3 is 0 Å². The second-order valence-corrected chi connectivity index (χ2v) is 11.9. The molecule has 0 spiro atoms. The summed E-state index contributed by atoms with van der Waals surface area (Å²) in [6.45, 7) is 10.6. The van der Waals surface area contributed by atoms with Gasteiger partial charge in [-0.25, -0.2) is 9.67 Å². The standard InChI is InChI=1S/C27H39N7O4/c1-17-14-32(9-10-38-17)23-8-5-18(12-28-23)13-29-25(36)22-11-20(35)15-33(22)26(37)24(27(2,3)4)34-16-21(30-31-34)19-6-7-19/h5,8,12,16-17,19-20,22,24,35H,6-7,9-11,13-15H2,1-4H3,(H,29,36)/t17?,20?,22?,24-/m1/s1. The van der Waals surface area contributed by atoms with Crippen molar-refractivity contribution in [2.45, 2.75) is 83.7 Å². The lowest BCUT2D eigenvalue weighted by Gasteiger charge is -2.34. The third-order valence-corrected chi connectivity index (χ3v) is 7.55. The van der Waals surface area contributed by atoms with Gasteiger partial charge in [-0.3, -0.25) is 9.59 Å². The molecule has 0 bridgehead atoms. The molecule has 3 aliphatic rings. The third-order valence-electron chi connectivity index (χ3n) is 7.55. The molecule has 2 aliphatic heterocycles. The number of nitrogens with zero attached hydrogens (tertiary/aromatic N) is 6. The zero-order valence-electron chi connectivity index (χ0n) is 22.7. The molecule has 2 amide bonds. The van der Waals surface area contributed by atoms with E-state index in [0.717, 1.165) is 43.0 Å². The Labute approximate surface area is 223 Å². The number of aromatic nitrogens is 4. The van der Waals surface area contributed by atoms with E-state index in [1.807, 2.05) is 46.0 Å². The molecule has 38 heavy (non-hydrogen) atoms. The molecule has 3 unspecified atom stereocenters. The van der Waals surface area contributed by atoms with Gasteiger partial charge in [-0.1, -0.05) is 32.1 Å². The van der Waals surface area contributed by atoms with Gasteiger partial charge in [0.05, 0.1) is 24.5 Å². The zero-order chi connectivity index (χ0) is 27.0. The number of hydrogen-bond donors (Lipinski definition) is 2. The maximum absolute atomic E-state index is 13.9. The number of hydrogen-bond acceptors (Lipinski definition) is 8. The van der Waals surface area contributed by atoms with Gasteiger partial charge < -0.3 is 25.0 Å². The van der Waals surface area contributed by atoms with Crippen LogP contribution in [0.2, 0.25) is 0 Å². The van der Waals surface area contributed by atoms with Gasteiger partial charge in [0, 0.05) is 50.9 Å². The Balaban J connectivity index is 1.24. The Morgan fingerprint density at radius 3 is 2.68 bits per heavy atom. The minimum Gasteiger partial charge on any atom is -0.391 e. The van der Waals surface area contributed by atoms with Gasteiger partial charge in [-0.05, 0) is 36.8 Å². The number of aliphatic hydroxyl groups is 1.